The molecule has 1 aromatic carbocycles. The topological polar surface area (TPSA) is 82.1 Å². The van der Waals surface area contributed by atoms with Crippen molar-refractivity contribution in [2.45, 2.75) is 6.54 Å². The van der Waals surface area contributed by atoms with Crippen LogP contribution in [0.1, 0.15) is 5.56 Å². The number of ether oxygens (including phenoxy) is 1. The predicted molar refractivity (Wildman–Crippen MR) is 89.2 cm³/mol. The first kappa shape index (κ1) is 18.4. The summed E-state index contributed by atoms with van der Waals surface area (Å²) in [5, 5.41) is 11.1. The zero-order chi connectivity index (χ0) is 17.2. The molecule has 2 N–H and O–H groups in total. The van der Waals surface area contributed by atoms with Gasteiger partial charge in [-0.1, -0.05) is 30.3 Å². The molecule has 7 heteroatoms. The Hall–Kier alpha value is -1.96. The number of benzene rings is 1. The van der Waals surface area contributed by atoms with E-state index in [1.165, 1.54) is 5.56 Å². The first-order chi connectivity index (χ1) is 11.7. The van der Waals surface area contributed by atoms with E-state index in [-0.39, 0.29) is 26.4 Å². The van der Waals surface area contributed by atoms with Gasteiger partial charge in [0, 0.05) is 39.3 Å². The van der Waals surface area contributed by atoms with Crippen LogP contribution in [-0.2, 0) is 20.9 Å². The highest BCUT2D eigenvalue weighted by atomic mass is 16.5. The minimum Gasteiger partial charge on any atom is -0.394 e. The molecule has 1 fully saturated rings. The maximum atomic E-state index is 12.1. The Balaban J connectivity index is 1.67. The highest BCUT2D eigenvalue weighted by Gasteiger charge is 2.25. The Kier molecular flexibility index (Phi) is 7.67. The van der Waals surface area contributed by atoms with Crippen molar-refractivity contribution in [3.8, 4) is 0 Å². The van der Waals surface area contributed by atoms with E-state index in [2.05, 4.69) is 22.3 Å². The predicted octanol–water partition coefficient (Wildman–Crippen LogP) is -0.544. The molecule has 1 aromatic rings. The van der Waals surface area contributed by atoms with Gasteiger partial charge in [0.1, 0.15) is 0 Å². The van der Waals surface area contributed by atoms with Gasteiger partial charge in [-0.05, 0) is 5.56 Å². The highest BCUT2D eigenvalue weighted by molar-refractivity contribution is 6.35. The van der Waals surface area contributed by atoms with Crippen molar-refractivity contribution in [3.63, 3.8) is 0 Å². The minimum absolute atomic E-state index is 0.0554. The van der Waals surface area contributed by atoms with Crippen LogP contribution in [0.4, 0.5) is 0 Å². The van der Waals surface area contributed by atoms with E-state index in [9.17, 15) is 9.59 Å². The van der Waals surface area contributed by atoms with Crippen molar-refractivity contribution in [2.24, 2.45) is 0 Å². The Bertz CT molecular complexity index is 516. The van der Waals surface area contributed by atoms with Crippen LogP contribution in [0.2, 0.25) is 0 Å². The monoisotopic (exact) mass is 335 g/mol. The molecule has 0 bridgehead atoms. The number of hydrogen-bond acceptors (Lipinski definition) is 5. The summed E-state index contributed by atoms with van der Waals surface area (Å²) in [4.78, 5) is 27.8. The van der Waals surface area contributed by atoms with E-state index in [4.69, 9.17) is 9.84 Å². The number of piperazine rings is 1. The highest BCUT2D eigenvalue weighted by Crippen LogP contribution is 2.08. The van der Waals surface area contributed by atoms with Crippen molar-refractivity contribution in [3.05, 3.63) is 35.9 Å². The fourth-order valence-electron chi connectivity index (χ4n) is 2.57. The molecular weight excluding hydrogens is 310 g/mol. The molecule has 0 unspecified atom stereocenters. The molecule has 0 spiro atoms. The number of carbonyl (C=O) groups excluding carboxylic acids is 2. The normalized spacial score (nSPS) is 15.3. The lowest BCUT2D eigenvalue weighted by atomic mass is 10.2. The third-order valence-electron chi connectivity index (χ3n) is 3.87. The van der Waals surface area contributed by atoms with Gasteiger partial charge < -0.3 is 20.1 Å². The third kappa shape index (κ3) is 5.92. The Morgan fingerprint density at radius 2 is 1.79 bits per heavy atom. The number of hydrogen-bond donors (Lipinski definition) is 2. The second-order valence-electron chi connectivity index (χ2n) is 5.65. The molecule has 0 aliphatic carbocycles. The molecule has 0 saturated carbocycles. The van der Waals surface area contributed by atoms with Gasteiger partial charge in [-0.15, -0.1) is 0 Å². The fraction of sp³-hybridized carbons (Fsp3) is 0.529. The van der Waals surface area contributed by atoms with Gasteiger partial charge in [0.15, 0.2) is 0 Å². The number of aliphatic hydroxyl groups excluding tert-OH is 1. The number of nitrogens with zero attached hydrogens (tertiary/aromatic N) is 2. The summed E-state index contributed by atoms with van der Waals surface area (Å²) in [5.41, 5.74) is 1.25. The first-order valence-corrected chi connectivity index (χ1v) is 8.22. The molecule has 1 saturated heterocycles. The SMILES string of the molecule is O=C(NCCOCCO)C(=O)N1CCN(Cc2ccccc2)CC1. The zero-order valence-corrected chi connectivity index (χ0v) is 13.8. The van der Waals surface area contributed by atoms with Crippen LogP contribution in [0.5, 0.6) is 0 Å². The van der Waals surface area contributed by atoms with Gasteiger partial charge >= 0.3 is 11.8 Å². The lowest BCUT2D eigenvalue weighted by Crippen LogP contribution is -2.52. The number of amides is 2. The molecule has 0 aromatic heterocycles. The molecule has 1 aliphatic heterocycles. The number of nitrogens with one attached hydrogen (secondary N) is 1. The quantitative estimate of drug-likeness (QED) is 0.516. The molecule has 2 amide bonds. The second-order valence-corrected chi connectivity index (χ2v) is 5.65. The van der Waals surface area contributed by atoms with Gasteiger partial charge in [-0.25, -0.2) is 0 Å². The number of carbonyl (C=O) groups is 2. The van der Waals surface area contributed by atoms with Gasteiger partial charge in [0.25, 0.3) is 0 Å². The summed E-state index contributed by atoms with van der Waals surface area (Å²) in [5.74, 6) is -1.09. The molecule has 1 heterocycles. The van der Waals surface area contributed by atoms with Gasteiger partial charge in [0.05, 0.1) is 19.8 Å². The average Bonchev–Trinajstić information content (AvgIpc) is 2.62. The van der Waals surface area contributed by atoms with Crippen molar-refractivity contribution in [2.75, 3.05) is 52.5 Å². The lowest BCUT2D eigenvalue weighted by molar-refractivity contribution is -0.147. The lowest BCUT2D eigenvalue weighted by Gasteiger charge is -2.34. The summed E-state index contributed by atoms with van der Waals surface area (Å²) in [6, 6.07) is 10.2. The molecule has 2 rings (SSSR count). The van der Waals surface area contributed by atoms with E-state index in [0.717, 1.165) is 19.6 Å². The molecule has 0 atom stereocenters. The van der Waals surface area contributed by atoms with E-state index >= 15 is 0 Å². The Morgan fingerprint density at radius 3 is 2.46 bits per heavy atom. The summed E-state index contributed by atoms with van der Waals surface area (Å²) in [6.45, 7) is 4.20. The Morgan fingerprint density at radius 1 is 1.08 bits per heavy atom. The van der Waals surface area contributed by atoms with E-state index in [0.29, 0.717) is 13.1 Å². The molecule has 24 heavy (non-hydrogen) atoms. The zero-order valence-electron chi connectivity index (χ0n) is 13.8. The fourth-order valence-corrected chi connectivity index (χ4v) is 2.57. The first-order valence-electron chi connectivity index (χ1n) is 8.22. The summed E-state index contributed by atoms with van der Waals surface area (Å²) in [6.07, 6.45) is 0. The largest absolute Gasteiger partial charge is 0.394 e. The molecule has 132 valence electrons. The number of aliphatic hydroxyl groups is 1. The van der Waals surface area contributed by atoms with Gasteiger partial charge in [-0.2, -0.15) is 0 Å². The van der Waals surface area contributed by atoms with Crippen LogP contribution in [0.15, 0.2) is 30.3 Å². The van der Waals surface area contributed by atoms with Gasteiger partial charge in [-0.3, -0.25) is 14.5 Å². The summed E-state index contributed by atoms with van der Waals surface area (Å²) >= 11 is 0. The smallest absolute Gasteiger partial charge is 0.311 e. The maximum absolute atomic E-state index is 12.1. The van der Waals surface area contributed by atoms with Crippen molar-refractivity contribution < 1.29 is 19.4 Å². The van der Waals surface area contributed by atoms with Crippen molar-refractivity contribution in [1.29, 1.82) is 0 Å². The second kappa shape index (κ2) is 10.0. The van der Waals surface area contributed by atoms with Crippen LogP contribution in [0.3, 0.4) is 0 Å². The molecule has 7 nitrogen and oxygen atoms in total. The minimum atomic E-state index is -0.598. The third-order valence-corrected chi connectivity index (χ3v) is 3.87. The van der Waals surface area contributed by atoms with Crippen LogP contribution in [0.25, 0.3) is 0 Å². The molecule has 1 aliphatic rings. The van der Waals surface area contributed by atoms with Crippen molar-refractivity contribution in [1.82, 2.24) is 15.1 Å². The van der Waals surface area contributed by atoms with Crippen LogP contribution in [-0.4, -0.2) is 79.3 Å². The number of rotatable bonds is 7. The van der Waals surface area contributed by atoms with E-state index in [1.807, 2.05) is 18.2 Å². The van der Waals surface area contributed by atoms with E-state index < -0.39 is 11.8 Å². The molecule has 0 radical (unpaired) electrons. The molecular formula is C17H25N3O4. The maximum Gasteiger partial charge on any atom is 0.311 e. The Labute approximate surface area is 142 Å². The van der Waals surface area contributed by atoms with Crippen LogP contribution < -0.4 is 5.32 Å². The van der Waals surface area contributed by atoms with E-state index in [1.54, 1.807) is 4.90 Å². The summed E-state index contributed by atoms with van der Waals surface area (Å²) < 4.78 is 5.03. The van der Waals surface area contributed by atoms with Crippen LogP contribution >= 0.6 is 0 Å². The summed E-state index contributed by atoms with van der Waals surface area (Å²) in [7, 11) is 0. The standard InChI is InChI=1S/C17H25N3O4/c21-11-13-24-12-6-18-16(22)17(23)20-9-7-19(8-10-20)14-15-4-2-1-3-5-15/h1-5,21H,6-14H2,(H,18,22). The van der Waals surface area contributed by atoms with Crippen molar-refractivity contribution >= 4 is 11.8 Å². The van der Waals surface area contributed by atoms with Gasteiger partial charge in [0.2, 0.25) is 0 Å². The average molecular weight is 335 g/mol. The van der Waals surface area contributed by atoms with Crippen LogP contribution in [0, 0.1) is 0 Å².